The maximum Gasteiger partial charge on any atom is 0.257 e. The van der Waals surface area contributed by atoms with Crippen molar-refractivity contribution in [3.8, 4) is 5.75 Å². The van der Waals surface area contributed by atoms with Gasteiger partial charge in [-0.2, -0.15) is 5.10 Å². The Bertz CT molecular complexity index is 1340. The lowest BCUT2D eigenvalue weighted by Gasteiger charge is -2.06. The maximum absolute atomic E-state index is 12.2. The van der Waals surface area contributed by atoms with Crippen molar-refractivity contribution in [2.24, 2.45) is 5.10 Å². The first-order valence-electron chi connectivity index (χ1n) is 11.5. The second kappa shape index (κ2) is 13.3. The summed E-state index contributed by atoms with van der Waals surface area (Å²) in [5.41, 5.74) is 5.07. The maximum atomic E-state index is 12.2. The Morgan fingerprint density at radius 2 is 1.76 bits per heavy atom. The normalized spacial score (nSPS) is 10.8. The summed E-state index contributed by atoms with van der Waals surface area (Å²) in [6, 6.07) is 24.7. The van der Waals surface area contributed by atoms with Crippen molar-refractivity contribution in [2.75, 3.05) is 17.7 Å². The number of ether oxygens (including phenoxy) is 1. The molecule has 10 heteroatoms. The van der Waals surface area contributed by atoms with E-state index in [-0.39, 0.29) is 18.2 Å². The average molecular weight is 532 g/mol. The van der Waals surface area contributed by atoms with Crippen LogP contribution < -0.4 is 15.5 Å². The SMILES string of the molecule is Cc1ccc(SCCOc2ccc(/C=N\NC(=O)Cc3nnc(NC(=O)c4ccccc4)s3)cc2)cc1. The molecule has 0 saturated heterocycles. The Morgan fingerprint density at radius 3 is 2.51 bits per heavy atom. The van der Waals surface area contributed by atoms with Crippen molar-refractivity contribution >= 4 is 46.3 Å². The van der Waals surface area contributed by atoms with E-state index >= 15 is 0 Å². The van der Waals surface area contributed by atoms with E-state index in [1.54, 1.807) is 42.2 Å². The van der Waals surface area contributed by atoms with Crippen LogP contribution in [-0.2, 0) is 11.2 Å². The Hall–Kier alpha value is -4.02. The van der Waals surface area contributed by atoms with Gasteiger partial charge in [0, 0.05) is 16.2 Å². The van der Waals surface area contributed by atoms with Gasteiger partial charge in [0.25, 0.3) is 5.91 Å². The second-order valence-electron chi connectivity index (χ2n) is 7.87. The molecule has 4 rings (SSSR count). The lowest BCUT2D eigenvalue weighted by Crippen LogP contribution is -2.19. The molecule has 4 aromatic rings. The summed E-state index contributed by atoms with van der Waals surface area (Å²) in [6.07, 6.45) is 1.56. The zero-order valence-corrected chi connectivity index (χ0v) is 21.7. The van der Waals surface area contributed by atoms with Gasteiger partial charge >= 0.3 is 0 Å². The Morgan fingerprint density at radius 1 is 1.00 bits per heavy atom. The third kappa shape index (κ3) is 8.55. The molecule has 8 nitrogen and oxygen atoms in total. The molecule has 2 amide bonds. The molecule has 0 unspecified atom stereocenters. The van der Waals surface area contributed by atoms with Crippen molar-refractivity contribution in [3.05, 3.63) is 101 Å². The Balaban J connectivity index is 1.16. The fourth-order valence-corrected chi connectivity index (χ4v) is 4.56. The number of carbonyl (C=O) groups is 2. The Kier molecular flexibility index (Phi) is 9.39. The molecule has 0 fully saturated rings. The molecule has 0 radical (unpaired) electrons. The molecule has 0 bridgehead atoms. The van der Waals surface area contributed by atoms with Crippen molar-refractivity contribution in [2.45, 2.75) is 18.2 Å². The molecule has 0 aliphatic carbocycles. The summed E-state index contributed by atoms with van der Waals surface area (Å²) >= 11 is 2.90. The van der Waals surface area contributed by atoms with Crippen LogP contribution in [0.15, 0.2) is 88.9 Å². The van der Waals surface area contributed by atoms with Gasteiger partial charge in [0.15, 0.2) is 0 Å². The summed E-state index contributed by atoms with van der Waals surface area (Å²) in [7, 11) is 0. The number of hydrazone groups is 1. The molecule has 0 aliphatic rings. The predicted molar refractivity (Wildman–Crippen MR) is 148 cm³/mol. The highest BCUT2D eigenvalue weighted by atomic mass is 32.2. The highest BCUT2D eigenvalue weighted by Gasteiger charge is 2.12. The number of nitrogens with one attached hydrogen (secondary N) is 2. The second-order valence-corrected chi connectivity index (χ2v) is 10.1. The lowest BCUT2D eigenvalue weighted by molar-refractivity contribution is -0.120. The Labute approximate surface area is 223 Å². The smallest absolute Gasteiger partial charge is 0.257 e. The molecule has 0 spiro atoms. The van der Waals surface area contributed by atoms with Gasteiger partial charge in [-0.25, -0.2) is 5.43 Å². The molecule has 0 atom stereocenters. The summed E-state index contributed by atoms with van der Waals surface area (Å²) < 4.78 is 5.79. The first-order chi connectivity index (χ1) is 18.0. The minimum Gasteiger partial charge on any atom is -0.493 e. The number of benzene rings is 3. The lowest BCUT2D eigenvalue weighted by atomic mass is 10.2. The van der Waals surface area contributed by atoms with Gasteiger partial charge in [0.2, 0.25) is 11.0 Å². The summed E-state index contributed by atoms with van der Waals surface area (Å²) in [4.78, 5) is 25.6. The van der Waals surface area contributed by atoms with Crippen LogP contribution in [0.5, 0.6) is 5.75 Å². The van der Waals surface area contributed by atoms with E-state index in [9.17, 15) is 9.59 Å². The fraction of sp³-hybridized carbons (Fsp3) is 0.148. The van der Waals surface area contributed by atoms with Crippen LogP contribution in [0.1, 0.15) is 26.5 Å². The van der Waals surface area contributed by atoms with Gasteiger partial charge in [-0.15, -0.1) is 22.0 Å². The number of aromatic nitrogens is 2. The van der Waals surface area contributed by atoms with Crippen molar-refractivity contribution in [1.29, 1.82) is 0 Å². The number of hydrogen-bond acceptors (Lipinski definition) is 8. The van der Waals surface area contributed by atoms with Crippen molar-refractivity contribution < 1.29 is 14.3 Å². The van der Waals surface area contributed by atoms with Gasteiger partial charge in [0.1, 0.15) is 10.8 Å². The zero-order chi connectivity index (χ0) is 25.9. The molecule has 1 aromatic heterocycles. The van der Waals surface area contributed by atoms with Crippen LogP contribution in [0.25, 0.3) is 0 Å². The number of rotatable bonds is 11. The standard InChI is InChI=1S/C27H25N5O3S2/c1-19-7-13-23(14-8-19)36-16-15-35-22-11-9-20(10-12-22)18-28-30-24(33)17-25-31-32-27(37-25)29-26(34)21-5-3-2-4-6-21/h2-14,18H,15-17H2,1H3,(H,30,33)(H,29,32,34)/b28-18-. The van der Waals surface area contributed by atoms with E-state index in [0.29, 0.717) is 22.3 Å². The first-order valence-corrected chi connectivity index (χ1v) is 13.3. The van der Waals surface area contributed by atoms with Crippen LogP contribution >= 0.6 is 23.1 Å². The third-order valence-corrected chi connectivity index (χ3v) is 6.77. The highest BCUT2D eigenvalue weighted by molar-refractivity contribution is 7.99. The van der Waals surface area contributed by atoms with Crippen molar-refractivity contribution in [1.82, 2.24) is 15.6 Å². The number of anilines is 1. The first kappa shape index (κ1) is 26.1. The van der Waals surface area contributed by atoms with Crippen LogP contribution in [-0.4, -0.2) is 40.6 Å². The number of nitrogens with zero attached hydrogens (tertiary/aromatic N) is 3. The van der Waals surface area contributed by atoms with Crippen LogP contribution in [0.3, 0.4) is 0 Å². The van der Waals surface area contributed by atoms with Gasteiger partial charge in [-0.3, -0.25) is 14.9 Å². The average Bonchev–Trinajstić information content (AvgIpc) is 3.35. The molecular weight excluding hydrogens is 506 g/mol. The summed E-state index contributed by atoms with van der Waals surface area (Å²) in [5.74, 6) is 1.01. The quantitative estimate of drug-likeness (QED) is 0.123. The van der Waals surface area contributed by atoms with Crippen LogP contribution in [0.4, 0.5) is 5.13 Å². The largest absolute Gasteiger partial charge is 0.493 e. The minimum absolute atomic E-state index is 0.00356. The zero-order valence-electron chi connectivity index (χ0n) is 20.1. The van der Waals surface area contributed by atoms with Crippen molar-refractivity contribution in [3.63, 3.8) is 0 Å². The van der Waals surface area contributed by atoms with Crippen LogP contribution in [0, 0.1) is 6.92 Å². The monoisotopic (exact) mass is 531 g/mol. The number of amides is 2. The topological polar surface area (TPSA) is 106 Å². The number of hydrogen-bond donors (Lipinski definition) is 2. The molecule has 2 N–H and O–H groups in total. The van der Waals surface area contributed by atoms with E-state index in [1.165, 1.54) is 10.5 Å². The van der Waals surface area contributed by atoms with Gasteiger partial charge in [-0.1, -0.05) is 47.2 Å². The molecule has 3 aromatic carbocycles. The summed E-state index contributed by atoms with van der Waals surface area (Å²) in [6.45, 7) is 2.68. The predicted octanol–water partition coefficient (Wildman–Crippen LogP) is 4.96. The summed E-state index contributed by atoms with van der Waals surface area (Å²) in [5, 5.41) is 15.4. The molecular formula is C27H25N5O3S2. The van der Waals surface area contributed by atoms with Gasteiger partial charge < -0.3 is 4.74 Å². The highest BCUT2D eigenvalue weighted by Crippen LogP contribution is 2.19. The van der Waals surface area contributed by atoms with E-state index in [4.69, 9.17) is 4.74 Å². The number of thioether (sulfide) groups is 1. The number of carbonyl (C=O) groups excluding carboxylic acids is 2. The number of aryl methyl sites for hydroxylation is 1. The van der Waals surface area contributed by atoms with E-state index in [1.807, 2.05) is 30.3 Å². The molecule has 0 saturated carbocycles. The van der Waals surface area contributed by atoms with Gasteiger partial charge in [-0.05, 0) is 61.0 Å². The van der Waals surface area contributed by atoms with Crippen LogP contribution in [0.2, 0.25) is 0 Å². The third-order valence-electron chi connectivity index (χ3n) is 4.96. The molecule has 0 aliphatic heterocycles. The molecule has 1 heterocycles. The fourth-order valence-electron chi connectivity index (χ4n) is 3.09. The molecule has 188 valence electrons. The minimum atomic E-state index is -0.334. The van der Waals surface area contributed by atoms with E-state index in [0.717, 1.165) is 28.4 Å². The van der Waals surface area contributed by atoms with Gasteiger partial charge in [0.05, 0.1) is 19.2 Å². The van der Waals surface area contributed by atoms with E-state index < -0.39 is 0 Å². The van der Waals surface area contributed by atoms with E-state index in [2.05, 4.69) is 57.2 Å². The molecule has 37 heavy (non-hydrogen) atoms.